The van der Waals surface area contributed by atoms with Gasteiger partial charge in [0.2, 0.25) is 5.95 Å². The molecule has 4 heteroatoms. The summed E-state index contributed by atoms with van der Waals surface area (Å²) < 4.78 is 0. The molecule has 0 aromatic carbocycles. The van der Waals surface area contributed by atoms with E-state index >= 15 is 0 Å². The van der Waals surface area contributed by atoms with Crippen LogP contribution in [0.3, 0.4) is 0 Å². The number of aliphatic hydroxyl groups excluding tert-OH is 1. The highest BCUT2D eigenvalue weighted by Gasteiger charge is 2.25. The zero-order chi connectivity index (χ0) is 15.4. The molecular weight excluding hydrogens is 274 g/mol. The van der Waals surface area contributed by atoms with Crippen LogP contribution in [0.15, 0.2) is 42.7 Å². The van der Waals surface area contributed by atoms with Gasteiger partial charge >= 0.3 is 0 Å². The molecule has 0 spiro atoms. The molecule has 1 aromatic heterocycles. The normalized spacial score (nSPS) is 21.1. The Bertz CT molecular complexity index is 640. The third kappa shape index (κ3) is 3.44. The molecule has 1 saturated carbocycles. The van der Waals surface area contributed by atoms with Gasteiger partial charge in [-0.3, -0.25) is 4.90 Å². The third-order valence-corrected chi connectivity index (χ3v) is 4.05. The first kappa shape index (κ1) is 14.6. The van der Waals surface area contributed by atoms with Crippen molar-refractivity contribution in [2.45, 2.75) is 37.8 Å². The molecule has 3 aliphatic rings. The molecule has 0 atom stereocenters. The molecule has 0 saturated heterocycles. The standard InChI is InChI=1S/C12H15N3O.C6H4/c1-2-15(12-13-8-3-9-14-12)10-4-6-11(16)7-5-10;1-2-5-4-6(5)3-1/h1,3,8-11,16H,4-7H2;1-4H. The lowest BCUT2D eigenvalue weighted by Crippen LogP contribution is -2.36. The summed E-state index contributed by atoms with van der Waals surface area (Å²) in [7, 11) is 0. The first-order valence-electron chi connectivity index (χ1n) is 7.59. The molecule has 0 amide bonds. The molecule has 0 aliphatic heterocycles. The minimum absolute atomic E-state index is 0.174. The van der Waals surface area contributed by atoms with E-state index in [-0.39, 0.29) is 12.1 Å². The van der Waals surface area contributed by atoms with E-state index in [1.165, 1.54) is 11.1 Å². The number of aliphatic hydroxyl groups is 1. The monoisotopic (exact) mass is 293 g/mol. The SMILES string of the molecule is C#CN(c1ncccn1)C1CCC(O)CC1.c1cc2cc-2c1. The van der Waals surface area contributed by atoms with Gasteiger partial charge in [-0.05, 0) is 48.9 Å². The van der Waals surface area contributed by atoms with Gasteiger partial charge in [0.1, 0.15) is 0 Å². The summed E-state index contributed by atoms with van der Waals surface area (Å²) in [4.78, 5) is 10.1. The van der Waals surface area contributed by atoms with E-state index in [1.807, 2.05) is 0 Å². The first-order valence-corrected chi connectivity index (χ1v) is 7.59. The average molecular weight is 293 g/mol. The van der Waals surface area contributed by atoms with Gasteiger partial charge in [-0.15, -0.1) is 0 Å². The summed E-state index contributed by atoms with van der Waals surface area (Å²) in [5.41, 5.74) is 2.85. The molecule has 4 nitrogen and oxygen atoms in total. The quantitative estimate of drug-likeness (QED) is 0.583. The maximum atomic E-state index is 9.45. The average Bonchev–Trinajstić information content (AvgIpc) is 3.17. The predicted molar refractivity (Wildman–Crippen MR) is 87.0 cm³/mol. The highest BCUT2D eigenvalue weighted by Crippen LogP contribution is 2.32. The van der Waals surface area contributed by atoms with Crippen molar-refractivity contribution in [2.75, 3.05) is 4.90 Å². The van der Waals surface area contributed by atoms with Crippen molar-refractivity contribution in [1.29, 1.82) is 0 Å². The molecule has 0 unspecified atom stereocenters. The second-order valence-electron chi connectivity index (χ2n) is 5.59. The van der Waals surface area contributed by atoms with Crippen LogP contribution in [0.4, 0.5) is 5.95 Å². The number of benzene rings is 1. The summed E-state index contributed by atoms with van der Waals surface area (Å²) >= 11 is 0. The molecule has 112 valence electrons. The number of fused-ring (bicyclic) bond motifs is 1. The van der Waals surface area contributed by atoms with Crippen LogP contribution < -0.4 is 4.90 Å². The van der Waals surface area contributed by atoms with E-state index in [0.717, 1.165) is 25.7 Å². The predicted octanol–water partition coefficient (Wildman–Crippen LogP) is 2.84. The summed E-state index contributed by atoms with van der Waals surface area (Å²) in [6.07, 6.45) is 12.1. The van der Waals surface area contributed by atoms with Gasteiger partial charge in [0, 0.05) is 24.5 Å². The molecule has 1 aromatic rings. The minimum atomic E-state index is -0.174. The van der Waals surface area contributed by atoms with Gasteiger partial charge in [-0.1, -0.05) is 24.6 Å². The Labute approximate surface area is 130 Å². The van der Waals surface area contributed by atoms with Gasteiger partial charge < -0.3 is 5.11 Å². The van der Waals surface area contributed by atoms with Gasteiger partial charge in [0.25, 0.3) is 0 Å². The van der Waals surface area contributed by atoms with Crippen molar-refractivity contribution in [3.8, 4) is 23.6 Å². The van der Waals surface area contributed by atoms with Crippen LogP contribution in [0.25, 0.3) is 11.1 Å². The Morgan fingerprint density at radius 2 is 1.68 bits per heavy atom. The van der Waals surface area contributed by atoms with E-state index in [1.54, 1.807) is 23.4 Å². The number of nitrogens with zero attached hydrogens (tertiary/aromatic N) is 3. The lowest BCUT2D eigenvalue weighted by molar-refractivity contribution is 0.123. The van der Waals surface area contributed by atoms with Crippen molar-refractivity contribution in [3.05, 3.63) is 42.7 Å². The van der Waals surface area contributed by atoms with Crippen molar-refractivity contribution < 1.29 is 5.11 Å². The highest BCUT2D eigenvalue weighted by atomic mass is 16.3. The number of aromatic nitrogens is 2. The fraction of sp³-hybridized carbons (Fsp3) is 0.333. The molecule has 22 heavy (non-hydrogen) atoms. The summed E-state index contributed by atoms with van der Waals surface area (Å²) in [5, 5.41) is 9.45. The molecule has 1 fully saturated rings. The lowest BCUT2D eigenvalue weighted by atomic mass is 9.92. The van der Waals surface area contributed by atoms with Crippen molar-refractivity contribution in [3.63, 3.8) is 0 Å². The number of anilines is 1. The molecule has 4 rings (SSSR count). The van der Waals surface area contributed by atoms with Crippen LogP contribution in [-0.2, 0) is 0 Å². The van der Waals surface area contributed by atoms with Gasteiger partial charge in [0.05, 0.1) is 6.10 Å². The van der Waals surface area contributed by atoms with E-state index < -0.39 is 0 Å². The Morgan fingerprint density at radius 3 is 2.14 bits per heavy atom. The largest absolute Gasteiger partial charge is 0.393 e. The van der Waals surface area contributed by atoms with E-state index in [0.29, 0.717) is 5.95 Å². The van der Waals surface area contributed by atoms with Crippen molar-refractivity contribution >= 4 is 5.95 Å². The number of rotatable bonds is 2. The summed E-state index contributed by atoms with van der Waals surface area (Å²) in [6.45, 7) is 0. The van der Waals surface area contributed by atoms with Crippen LogP contribution in [0, 0.1) is 12.5 Å². The third-order valence-electron chi connectivity index (χ3n) is 4.05. The Balaban J connectivity index is 0.000000196. The smallest absolute Gasteiger partial charge is 0.237 e. The van der Waals surface area contributed by atoms with E-state index in [2.05, 4.69) is 40.3 Å². The molecule has 0 bridgehead atoms. The van der Waals surface area contributed by atoms with Crippen LogP contribution in [-0.4, -0.2) is 27.2 Å². The second kappa shape index (κ2) is 6.59. The Hall–Kier alpha value is -2.38. The van der Waals surface area contributed by atoms with E-state index in [9.17, 15) is 5.11 Å². The molecule has 1 N–H and O–H groups in total. The van der Waals surface area contributed by atoms with Crippen LogP contribution in [0.5, 0.6) is 0 Å². The summed E-state index contributed by atoms with van der Waals surface area (Å²) in [5.74, 6) is 0.575. The highest BCUT2D eigenvalue weighted by molar-refractivity contribution is 5.80. The molecule has 3 aliphatic carbocycles. The Kier molecular flexibility index (Phi) is 4.36. The zero-order valence-electron chi connectivity index (χ0n) is 12.4. The lowest BCUT2D eigenvalue weighted by Gasteiger charge is -2.31. The van der Waals surface area contributed by atoms with Gasteiger partial charge in [-0.2, -0.15) is 0 Å². The maximum absolute atomic E-state index is 9.45. The number of hydrogen-bond acceptors (Lipinski definition) is 4. The van der Waals surface area contributed by atoms with Crippen LogP contribution in [0.1, 0.15) is 25.7 Å². The summed E-state index contributed by atoms with van der Waals surface area (Å²) in [6, 6.07) is 13.1. The maximum Gasteiger partial charge on any atom is 0.237 e. The fourth-order valence-corrected chi connectivity index (χ4v) is 2.73. The van der Waals surface area contributed by atoms with E-state index in [4.69, 9.17) is 6.42 Å². The van der Waals surface area contributed by atoms with Gasteiger partial charge in [0.15, 0.2) is 0 Å². The topological polar surface area (TPSA) is 49.2 Å². The molecule has 1 heterocycles. The number of terminal acetylenes is 1. The number of hydrogen-bond donors (Lipinski definition) is 1. The minimum Gasteiger partial charge on any atom is -0.393 e. The second-order valence-corrected chi connectivity index (χ2v) is 5.59. The first-order chi connectivity index (χ1) is 10.8. The van der Waals surface area contributed by atoms with Crippen molar-refractivity contribution in [2.24, 2.45) is 0 Å². The fourth-order valence-electron chi connectivity index (χ4n) is 2.73. The van der Waals surface area contributed by atoms with Crippen molar-refractivity contribution in [1.82, 2.24) is 9.97 Å². The Morgan fingerprint density at radius 1 is 1.05 bits per heavy atom. The molecular formula is C18H19N3O. The van der Waals surface area contributed by atoms with Crippen LogP contribution >= 0.6 is 0 Å². The zero-order valence-corrected chi connectivity index (χ0v) is 12.4. The van der Waals surface area contributed by atoms with Gasteiger partial charge in [-0.25, -0.2) is 9.97 Å². The molecule has 0 radical (unpaired) electrons. The van der Waals surface area contributed by atoms with Crippen LogP contribution in [0.2, 0.25) is 0 Å².